The molecule has 1 fully saturated rings. The summed E-state index contributed by atoms with van der Waals surface area (Å²) >= 11 is 0. The van der Waals surface area contributed by atoms with Crippen molar-refractivity contribution in [2.45, 2.75) is 72.0 Å². The molecule has 0 saturated carbocycles. The Kier molecular flexibility index (Phi) is 22.4. The Balaban J connectivity index is 0. The Hall–Kier alpha value is 0.660. The lowest BCUT2D eigenvalue weighted by atomic mass is 10.1. The summed E-state index contributed by atoms with van der Waals surface area (Å²) in [5.74, 6) is 1.39. The van der Waals surface area contributed by atoms with Crippen LogP contribution in [0.5, 0.6) is 0 Å². The number of hydrogen-bond donors (Lipinski definition) is 0. The maximum absolute atomic E-state index is 4.83. The van der Waals surface area contributed by atoms with Gasteiger partial charge in [-0.25, -0.2) is 0 Å². The molecule has 1 rings (SSSR count). The molecule has 0 radical (unpaired) electrons. The highest BCUT2D eigenvalue weighted by Crippen LogP contribution is 2.39. The van der Waals surface area contributed by atoms with E-state index in [1.165, 1.54) is 37.9 Å². The molecule has 0 amide bonds. The SMILES string of the molecule is CC.CCCCCC1CCSS1.CCOCC. The van der Waals surface area contributed by atoms with Gasteiger partial charge < -0.3 is 4.74 Å². The minimum atomic E-state index is 0.844. The van der Waals surface area contributed by atoms with Crippen LogP contribution in [0, 0.1) is 0 Å². The van der Waals surface area contributed by atoms with Crippen LogP contribution in [0.1, 0.15) is 66.7 Å². The molecule has 0 aromatic carbocycles. The zero-order chi connectivity index (χ0) is 13.4. The highest BCUT2D eigenvalue weighted by molar-refractivity contribution is 8.77. The Morgan fingerprint density at radius 2 is 1.71 bits per heavy atom. The van der Waals surface area contributed by atoms with Gasteiger partial charge in [-0.1, -0.05) is 61.6 Å². The molecule has 1 heterocycles. The molecule has 1 atom stereocenters. The maximum atomic E-state index is 4.83. The molecule has 1 nitrogen and oxygen atoms in total. The van der Waals surface area contributed by atoms with E-state index < -0.39 is 0 Å². The van der Waals surface area contributed by atoms with Crippen molar-refractivity contribution in [2.24, 2.45) is 0 Å². The highest BCUT2D eigenvalue weighted by atomic mass is 33.1. The predicted octanol–water partition coefficient (Wildman–Crippen LogP) is 5.79. The predicted molar refractivity (Wildman–Crippen MR) is 86.1 cm³/mol. The van der Waals surface area contributed by atoms with Gasteiger partial charge in [-0.15, -0.1) is 0 Å². The van der Waals surface area contributed by atoms with Crippen molar-refractivity contribution in [2.75, 3.05) is 19.0 Å². The van der Waals surface area contributed by atoms with Crippen LogP contribution in [-0.4, -0.2) is 24.2 Å². The summed E-state index contributed by atoms with van der Waals surface area (Å²) in [7, 11) is 4.17. The molecule has 3 heteroatoms. The van der Waals surface area contributed by atoms with Crippen LogP contribution in [-0.2, 0) is 4.74 Å². The molecular formula is C14H32OS2. The molecule has 1 aliphatic heterocycles. The van der Waals surface area contributed by atoms with Gasteiger partial charge in [0.2, 0.25) is 0 Å². The molecule has 0 bridgehead atoms. The summed E-state index contributed by atoms with van der Waals surface area (Å²) < 4.78 is 4.83. The molecule has 0 aromatic heterocycles. The molecule has 106 valence electrons. The summed E-state index contributed by atoms with van der Waals surface area (Å²) in [5.41, 5.74) is 0. The van der Waals surface area contributed by atoms with Gasteiger partial charge in [0.1, 0.15) is 0 Å². The summed E-state index contributed by atoms with van der Waals surface area (Å²) in [6.07, 6.45) is 7.17. The van der Waals surface area contributed by atoms with Gasteiger partial charge in [0.05, 0.1) is 0 Å². The second kappa shape index (κ2) is 19.0. The molecule has 0 N–H and O–H groups in total. The molecule has 1 unspecified atom stereocenters. The zero-order valence-corrected chi connectivity index (χ0v) is 14.1. The minimum absolute atomic E-state index is 0.844. The molecule has 0 aliphatic carbocycles. The Morgan fingerprint density at radius 3 is 2.06 bits per heavy atom. The van der Waals surface area contributed by atoms with Gasteiger partial charge in [-0.3, -0.25) is 0 Å². The summed E-state index contributed by atoms with van der Waals surface area (Å²) in [5, 5.41) is 0.997. The minimum Gasteiger partial charge on any atom is -0.382 e. The van der Waals surface area contributed by atoms with Crippen molar-refractivity contribution in [3.63, 3.8) is 0 Å². The van der Waals surface area contributed by atoms with E-state index in [0.717, 1.165) is 18.5 Å². The van der Waals surface area contributed by atoms with E-state index in [9.17, 15) is 0 Å². The van der Waals surface area contributed by atoms with Crippen molar-refractivity contribution < 1.29 is 4.74 Å². The first kappa shape index (κ1) is 20.0. The van der Waals surface area contributed by atoms with E-state index in [-0.39, 0.29) is 0 Å². The van der Waals surface area contributed by atoms with E-state index in [4.69, 9.17) is 4.74 Å². The van der Waals surface area contributed by atoms with E-state index in [2.05, 4.69) is 28.5 Å². The van der Waals surface area contributed by atoms with Gasteiger partial charge >= 0.3 is 0 Å². The van der Waals surface area contributed by atoms with E-state index in [0.29, 0.717) is 0 Å². The summed E-state index contributed by atoms with van der Waals surface area (Å²) in [6.45, 7) is 11.9. The largest absolute Gasteiger partial charge is 0.382 e. The van der Waals surface area contributed by atoms with Crippen molar-refractivity contribution >= 4 is 21.6 Å². The monoisotopic (exact) mass is 280 g/mol. The normalized spacial score (nSPS) is 17.8. The fraction of sp³-hybridized carbons (Fsp3) is 1.00. The number of unbranched alkanes of at least 4 members (excludes halogenated alkanes) is 2. The third kappa shape index (κ3) is 16.7. The fourth-order valence-corrected chi connectivity index (χ4v) is 4.42. The van der Waals surface area contributed by atoms with Crippen molar-refractivity contribution in [3.8, 4) is 0 Å². The maximum Gasteiger partial charge on any atom is 0.0437 e. The Bertz CT molecular complexity index is 113. The van der Waals surface area contributed by atoms with Crippen LogP contribution in [0.15, 0.2) is 0 Å². The van der Waals surface area contributed by atoms with Crippen LogP contribution in [0.4, 0.5) is 0 Å². The zero-order valence-electron chi connectivity index (χ0n) is 12.5. The van der Waals surface area contributed by atoms with Gasteiger partial charge in [-0.2, -0.15) is 0 Å². The van der Waals surface area contributed by atoms with Crippen LogP contribution >= 0.6 is 21.6 Å². The first-order valence-corrected chi connectivity index (χ1v) is 9.59. The summed E-state index contributed by atoms with van der Waals surface area (Å²) in [6, 6.07) is 0. The third-order valence-electron chi connectivity index (χ3n) is 2.27. The molecule has 1 aliphatic rings. The standard InChI is InChI=1S/C8H16S2.C4H10O.C2H6/c1-2-3-4-5-8-6-7-9-10-8;1-3-5-4-2;1-2/h8H,2-7H2,1H3;3-4H2,1-2H3;1-2H3. The Labute approximate surface area is 117 Å². The van der Waals surface area contributed by atoms with Crippen LogP contribution in [0.2, 0.25) is 0 Å². The van der Waals surface area contributed by atoms with Crippen LogP contribution in [0.3, 0.4) is 0 Å². The second-order valence-corrected chi connectivity index (χ2v) is 6.39. The van der Waals surface area contributed by atoms with Gasteiger partial charge in [0.25, 0.3) is 0 Å². The number of ether oxygens (including phenoxy) is 1. The van der Waals surface area contributed by atoms with Crippen LogP contribution in [0.25, 0.3) is 0 Å². The average molecular weight is 281 g/mol. The number of rotatable bonds is 6. The van der Waals surface area contributed by atoms with Crippen molar-refractivity contribution in [3.05, 3.63) is 0 Å². The Morgan fingerprint density at radius 1 is 1.06 bits per heavy atom. The first-order chi connectivity index (χ1) is 8.35. The van der Waals surface area contributed by atoms with Crippen LogP contribution < -0.4 is 0 Å². The first-order valence-electron chi connectivity index (χ1n) is 7.21. The second-order valence-electron chi connectivity index (χ2n) is 3.61. The quantitative estimate of drug-likeness (QED) is 0.450. The third-order valence-corrected chi connectivity index (χ3v) is 5.27. The lowest BCUT2D eigenvalue weighted by Crippen LogP contribution is -1.96. The lowest BCUT2D eigenvalue weighted by Gasteiger charge is -2.04. The number of hydrogen-bond acceptors (Lipinski definition) is 3. The van der Waals surface area contributed by atoms with Crippen molar-refractivity contribution in [1.82, 2.24) is 0 Å². The van der Waals surface area contributed by atoms with Gasteiger partial charge in [0, 0.05) is 24.2 Å². The van der Waals surface area contributed by atoms with Gasteiger partial charge in [-0.05, 0) is 26.7 Å². The fourth-order valence-electron chi connectivity index (χ4n) is 1.39. The molecule has 0 spiro atoms. The van der Waals surface area contributed by atoms with E-state index >= 15 is 0 Å². The lowest BCUT2D eigenvalue weighted by molar-refractivity contribution is 0.162. The van der Waals surface area contributed by atoms with Crippen molar-refractivity contribution in [1.29, 1.82) is 0 Å². The topological polar surface area (TPSA) is 9.23 Å². The molecule has 17 heavy (non-hydrogen) atoms. The molecule has 0 aromatic rings. The molecule has 1 saturated heterocycles. The average Bonchev–Trinajstić information content (AvgIpc) is 2.87. The van der Waals surface area contributed by atoms with Gasteiger partial charge in [0.15, 0.2) is 0 Å². The molecular weight excluding hydrogens is 248 g/mol. The van der Waals surface area contributed by atoms with E-state index in [1.54, 1.807) is 0 Å². The highest BCUT2D eigenvalue weighted by Gasteiger charge is 2.14. The summed E-state index contributed by atoms with van der Waals surface area (Å²) in [4.78, 5) is 0. The van der Waals surface area contributed by atoms with E-state index in [1.807, 2.05) is 27.7 Å². The smallest absolute Gasteiger partial charge is 0.0437 e.